The molecule has 0 saturated heterocycles. The van der Waals surface area contributed by atoms with Crippen LogP contribution in [0.4, 0.5) is 18.9 Å². The Morgan fingerprint density at radius 2 is 1.82 bits per heavy atom. The zero-order chi connectivity index (χ0) is 24.1. The summed E-state index contributed by atoms with van der Waals surface area (Å²) in [4.78, 5) is 28.7. The number of fused-ring (bicyclic) bond motifs is 1. The van der Waals surface area contributed by atoms with E-state index in [2.05, 4.69) is 15.4 Å². The second-order valence-electron chi connectivity index (χ2n) is 7.53. The molecule has 0 spiro atoms. The fourth-order valence-electron chi connectivity index (χ4n) is 3.50. The monoisotopic (exact) mass is 473 g/mol. The van der Waals surface area contributed by atoms with Crippen molar-refractivity contribution >= 4 is 39.1 Å². The molecule has 0 radical (unpaired) electrons. The third-order valence-electron chi connectivity index (χ3n) is 5.04. The number of alkyl halides is 3. The predicted octanol–water partition coefficient (Wildman–Crippen LogP) is 4.68. The number of nitrogens with two attached hydrogens (primary N) is 1. The summed E-state index contributed by atoms with van der Waals surface area (Å²) in [5.41, 5.74) is 6.70. The van der Waals surface area contributed by atoms with Crippen LogP contribution < -0.4 is 11.1 Å². The summed E-state index contributed by atoms with van der Waals surface area (Å²) in [6, 6.07) is 7.77. The van der Waals surface area contributed by atoms with Crippen molar-refractivity contribution < 1.29 is 22.8 Å². The van der Waals surface area contributed by atoms with Crippen molar-refractivity contribution in [2.45, 2.75) is 20.0 Å². The van der Waals surface area contributed by atoms with Crippen LogP contribution in [0.25, 0.3) is 21.3 Å². The van der Waals surface area contributed by atoms with Crippen LogP contribution in [0.5, 0.6) is 0 Å². The van der Waals surface area contributed by atoms with E-state index in [1.54, 1.807) is 38.2 Å². The fourth-order valence-corrected chi connectivity index (χ4v) is 4.51. The molecular weight excluding hydrogens is 455 g/mol. The molecule has 0 aliphatic carbocycles. The van der Waals surface area contributed by atoms with Crippen molar-refractivity contribution in [3.63, 3.8) is 0 Å². The molecule has 170 valence electrons. The normalized spacial score (nSPS) is 11.7. The standard InChI is InChI=1S/C22H18F3N5O2S/c1-10-4-6-12(7-5-10)13-8-15(22(23,24)25)27-21-16(13)17(18(33-21)19(26)31)28-20(32)14-9-30(3)29-11(14)2/h4-9H,1-3H3,(H2,26,31)(H,28,32). The van der Waals surface area contributed by atoms with E-state index in [1.165, 1.54) is 10.9 Å². The third-order valence-corrected chi connectivity index (χ3v) is 6.13. The molecule has 0 aliphatic rings. The summed E-state index contributed by atoms with van der Waals surface area (Å²) in [6.45, 7) is 3.50. The molecule has 0 saturated carbocycles. The number of carbonyl (C=O) groups excluding carboxylic acids is 2. The van der Waals surface area contributed by atoms with Crippen molar-refractivity contribution in [2.75, 3.05) is 5.32 Å². The van der Waals surface area contributed by atoms with Gasteiger partial charge in [0, 0.05) is 18.6 Å². The highest BCUT2D eigenvalue weighted by Crippen LogP contribution is 2.43. The van der Waals surface area contributed by atoms with E-state index in [0.29, 0.717) is 22.6 Å². The number of amides is 2. The molecule has 3 aromatic heterocycles. The van der Waals surface area contributed by atoms with E-state index < -0.39 is 23.7 Å². The van der Waals surface area contributed by atoms with E-state index in [-0.39, 0.29) is 31.9 Å². The van der Waals surface area contributed by atoms with Crippen LogP contribution in [-0.2, 0) is 13.2 Å². The molecular formula is C22H18F3N5O2S. The SMILES string of the molecule is Cc1ccc(-c2cc(C(F)(F)F)nc3sc(C(N)=O)c(NC(=O)c4cn(C)nc4C)c23)cc1. The Kier molecular flexibility index (Phi) is 5.44. The quantitative estimate of drug-likeness (QED) is 0.449. The molecule has 0 aliphatic heterocycles. The number of aromatic nitrogens is 3. The molecule has 0 atom stereocenters. The maximum absolute atomic E-state index is 13.6. The largest absolute Gasteiger partial charge is 0.433 e. The smallest absolute Gasteiger partial charge is 0.365 e. The number of aryl methyl sites for hydroxylation is 3. The molecule has 33 heavy (non-hydrogen) atoms. The number of rotatable bonds is 4. The molecule has 0 fully saturated rings. The zero-order valence-corrected chi connectivity index (χ0v) is 18.6. The van der Waals surface area contributed by atoms with E-state index in [4.69, 9.17) is 5.73 Å². The van der Waals surface area contributed by atoms with E-state index >= 15 is 0 Å². The van der Waals surface area contributed by atoms with Crippen LogP contribution in [0.3, 0.4) is 0 Å². The first-order chi connectivity index (χ1) is 15.5. The fraction of sp³-hybridized carbons (Fsp3) is 0.182. The number of carbonyl (C=O) groups is 2. The number of benzene rings is 1. The zero-order valence-electron chi connectivity index (χ0n) is 17.7. The molecule has 1 aromatic carbocycles. The van der Waals surface area contributed by atoms with Gasteiger partial charge < -0.3 is 11.1 Å². The van der Waals surface area contributed by atoms with Gasteiger partial charge in [-0.15, -0.1) is 11.3 Å². The molecule has 0 bridgehead atoms. The Balaban J connectivity index is 1.99. The highest BCUT2D eigenvalue weighted by atomic mass is 32.1. The van der Waals surface area contributed by atoms with Gasteiger partial charge in [0.2, 0.25) is 0 Å². The number of nitrogens with zero attached hydrogens (tertiary/aromatic N) is 3. The lowest BCUT2D eigenvalue weighted by Crippen LogP contribution is -2.17. The minimum atomic E-state index is -4.71. The van der Waals surface area contributed by atoms with Gasteiger partial charge in [-0.3, -0.25) is 14.3 Å². The Bertz CT molecular complexity index is 1400. The van der Waals surface area contributed by atoms with Gasteiger partial charge in [-0.05, 0) is 31.0 Å². The van der Waals surface area contributed by atoms with Crippen LogP contribution >= 0.6 is 11.3 Å². The van der Waals surface area contributed by atoms with Crippen molar-refractivity contribution in [2.24, 2.45) is 12.8 Å². The van der Waals surface area contributed by atoms with Gasteiger partial charge in [0.1, 0.15) is 15.4 Å². The summed E-state index contributed by atoms with van der Waals surface area (Å²) in [6.07, 6.45) is -3.20. The lowest BCUT2D eigenvalue weighted by atomic mass is 10.00. The van der Waals surface area contributed by atoms with Gasteiger partial charge in [-0.2, -0.15) is 18.3 Å². The van der Waals surface area contributed by atoms with Gasteiger partial charge in [-0.1, -0.05) is 29.8 Å². The lowest BCUT2D eigenvalue weighted by molar-refractivity contribution is -0.140. The van der Waals surface area contributed by atoms with Gasteiger partial charge in [0.25, 0.3) is 11.8 Å². The molecule has 3 heterocycles. The summed E-state index contributed by atoms with van der Waals surface area (Å²) in [5, 5.41) is 6.99. The second kappa shape index (κ2) is 8.00. The molecule has 11 heteroatoms. The first kappa shape index (κ1) is 22.5. The number of thiophene rings is 1. The van der Waals surface area contributed by atoms with Crippen molar-refractivity contribution in [3.05, 3.63) is 63.9 Å². The average Bonchev–Trinajstić information content (AvgIpc) is 3.26. The minimum absolute atomic E-state index is 0.0209. The molecule has 4 rings (SSSR count). The first-order valence-corrected chi connectivity index (χ1v) is 10.5. The number of anilines is 1. The van der Waals surface area contributed by atoms with Gasteiger partial charge in [-0.25, -0.2) is 4.98 Å². The van der Waals surface area contributed by atoms with Crippen LogP contribution in [0.15, 0.2) is 36.5 Å². The Morgan fingerprint density at radius 3 is 2.36 bits per heavy atom. The first-order valence-electron chi connectivity index (χ1n) is 9.69. The lowest BCUT2D eigenvalue weighted by Gasteiger charge is -2.12. The molecule has 4 aromatic rings. The van der Waals surface area contributed by atoms with Crippen molar-refractivity contribution in [1.82, 2.24) is 14.8 Å². The molecule has 2 amide bonds. The average molecular weight is 473 g/mol. The van der Waals surface area contributed by atoms with E-state index in [1.807, 2.05) is 6.92 Å². The number of hydrogen-bond donors (Lipinski definition) is 2. The number of primary amides is 1. The highest BCUT2D eigenvalue weighted by molar-refractivity contribution is 7.21. The van der Waals surface area contributed by atoms with E-state index in [9.17, 15) is 22.8 Å². The van der Waals surface area contributed by atoms with Gasteiger partial charge in [0.05, 0.1) is 16.9 Å². The number of nitrogens with one attached hydrogen (secondary N) is 1. The van der Waals surface area contributed by atoms with Gasteiger partial charge >= 0.3 is 6.18 Å². The van der Waals surface area contributed by atoms with Crippen molar-refractivity contribution in [1.29, 1.82) is 0 Å². The van der Waals surface area contributed by atoms with Crippen LogP contribution in [-0.4, -0.2) is 26.6 Å². The molecule has 0 unspecified atom stereocenters. The summed E-state index contributed by atoms with van der Waals surface area (Å²) >= 11 is 0.700. The topological polar surface area (TPSA) is 103 Å². The number of halogens is 3. The maximum Gasteiger partial charge on any atom is 0.433 e. The Hall–Kier alpha value is -3.73. The van der Waals surface area contributed by atoms with Crippen LogP contribution in [0.2, 0.25) is 0 Å². The third kappa shape index (κ3) is 4.19. The Morgan fingerprint density at radius 1 is 1.15 bits per heavy atom. The predicted molar refractivity (Wildman–Crippen MR) is 119 cm³/mol. The Labute approximate surface area is 190 Å². The van der Waals surface area contributed by atoms with Crippen LogP contribution in [0.1, 0.15) is 37.0 Å². The van der Waals surface area contributed by atoms with E-state index in [0.717, 1.165) is 11.6 Å². The minimum Gasteiger partial charge on any atom is -0.365 e. The summed E-state index contributed by atoms with van der Waals surface area (Å²) in [5.74, 6) is -1.46. The molecule has 7 nitrogen and oxygen atoms in total. The second-order valence-corrected chi connectivity index (χ2v) is 8.52. The number of pyridine rings is 1. The number of hydrogen-bond acceptors (Lipinski definition) is 5. The van der Waals surface area contributed by atoms with Crippen molar-refractivity contribution in [3.8, 4) is 11.1 Å². The maximum atomic E-state index is 13.6. The summed E-state index contributed by atoms with van der Waals surface area (Å²) < 4.78 is 42.2. The van der Waals surface area contributed by atoms with Crippen LogP contribution in [0, 0.1) is 13.8 Å². The van der Waals surface area contributed by atoms with Gasteiger partial charge in [0.15, 0.2) is 0 Å². The molecule has 3 N–H and O–H groups in total. The highest BCUT2D eigenvalue weighted by Gasteiger charge is 2.35. The summed E-state index contributed by atoms with van der Waals surface area (Å²) in [7, 11) is 1.65.